The molecule has 0 spiro atoms. The van der Waals surface area contributed by atoms with Crippen molar-refractivity contribution in [2.75, 3.05) is 26.8 Å². The minimum absolute atomic E-state index is 0.126. The van der Waals surface area contributed by atoms with E-state index in [0.29, 0.717) is 12.2 Å². The van der Waals surface area contributed by atoms with Gasteiger partial charge in [0.25, 0.3) is 0 Å². The highest BCUT2D eigenvalue weighted by atomic mass is 16.7. The molecule has 0 bridgehead atoms. The molecule has 3 unspecified atom stereocenters. The van der Waals surface area contributed by atoms with E-state index in [0.717, 1.165) is 48.5 Å². The summed E-state index contributed by atoms with van der Waals surface area (Å²) in [7, 11) is 2.07. The van der Waals surface area contributed by atoms with Gasteiger partial charge < -0.3 is 15.2 Å². The summed E-state index contributed by atoms with van der Waals surface area (Å²) in [6.07, 6.45) is 8.88. The standard InChI is InChI=1S/C22H26N4O4/c1-24(21-11-19-14-28-8-7-25(19)21)26-12-18-6-5-17(10-20(18)30-26)16-4-2-3-15(9-16)13-29-22(23)27/h2-6,9-10,12,19-21H,7-8,11,13-14H2,1H3,(H2,23,27). The maximum Gasteiger partial charge on any atom is 0.404 e. The zero-order valence-electron chi connectivity index (χ0n) is 16.9. The van der Waals surface area contributed by atoms with E-state index >= 15 is 0 Å². The van der Waals surface area contributed by atoms with E-state index in [9.17, 15) is 4.79 Å². The molecule has 4 aliphatic rings. The molecule has 3 heterocycles. The predicted octanol–water partition coefficient (Wildman–Crippen LogP) is 2.01. The van der Waals surface area contributed by atoms with Gasteiger partial charge >= 0.3 is 6.09 Å². The Morgan fingerprint density at radius 1 is 1.37 bits per heavy atom. The van der Waals surface area contributed by atoms with Gasteiger partial charge in [0.05, 0.1) is 25.6 Å². The number of primary amides is 1. The highest BCUT2D eigenvalue weighted by molar-refractivity contribution is 5.77. The third kappa shape index (κ3) is 3.63. The van der Waals surface area contributed by atoms with Crippen LogP contribution < -0.4 is 5.73 Å². The number of nitrogens with two attached hydrogens (primary N) is 1. The molecule has 2 N–H and O–H groups in total. The van der Waals surface area contributed by atoms with E-state index in [2.05, 4.69) is 41.4 Å². The van der Waals surface area contributed by atoms with Gasteiger partial charge in [-0.05, 0) is 35.3 Å². The van der Waals surface area contributed by atoms with Crippen LogP contribution in [-0.2, 0) is 20.9 Å². The molecule has 1 aliphatic carbocycles. The lowest BCUT2D eigenvalue weighted by Gasteiger charge is -2.54. The number of carbonyl (C=O) groups is 1. The highest BCUT2D eigenvalue weighted by Gasteiger charge is 2.44. The number of hydroxylamine groups is 1. The largest absolute Gasteiger partial charge is 0.445 e. The minimum atomic E-state index is -0.773. The van der Waals surface area contributed by atoms with Crippen LogP contribution in [0.1, 0.15) is 17.5 Å². The number of amides is 1. The number of hydrogen-bond acceptors (Lipinski definition) is 7. The van der Waals surface area contributed by atoms with Crippen LogP contribution in [-0.4, -0.2) is 66.3 Å². The summed E-state index contributed by atoms with van der Waals surface area (Å²) in [5.41, 5.74) is 9.19. The number of nitrogens with zero attached hydrogens (tertiary/aromatic N) is 3. The third-order valence-electron chi connectivity index (χ3n) is 6.12. The molecule has 1 aromatic carbocycles. The van der Waals surface area contributed by atoms with Crippen LogP contribution in [0.25, 0.3) is 5.57 Å². The van der Waals surface area contributed by atoms with E-state index in [4.69, 9.17) is 20.0 Å². The molecule has 3 aliphatic heterocycles. The van der Waals surface area contributed by atoms with Gasteiger partial charge in [-0.1, -0.05) is 30.4 Å². The molecule has 8 nitrogen and oxygen atoms in total. The third-order valence-corrected chi connectivity index (χ3v) is 6.12. The maximum atomic E-state index is 10.9. The molecule has 1 aromatic rings. The van der Waals surface area contributed by atoms with Gasteiger partial charge in [0.2, 0.25) is 0 Å². The van der Waals surface area contributed by atoms with Crippen LogP contribution in [0.5, 0.6) is 0 Å². The van der Waals surface area contributed by atoms with Crippen LogP contribution >= 0.6 is 0 Å². The lowest BCUT2D eigenvalue weighted by molar-refractivity contribution is -0.294. The Labute approximate surface area is 175 Å². The molecule has 8 heteroatoms. The second kappa shape index (κ2) is 7.88. The fraction of sp³-hybridized carbons (Fsp3) is 0.409. The molecule has 0 saturated carbocycles. The molecule has 158 valence electrons. The second-order valence-corrected chi connectivity index (χ2v) is 7.98. The molecular weight excluding hydrogens is 384 g/mol. The number of rotatable bonds is 5. The summed E-state index contributed by atoms with van der Waals surface area (Å²) in [5, 5.41) is 4.02. The van der Waals surface area contributed by atoms with E-state index in [1.807, 2.05) is 29.4 Å². The zero-order chi connectivity index (χ0) is 20.7. The molecule has 2 saturated heterocycles. The van der Waals surface area contributed by atoms with Crippen LogP contribution in [0.3, 0.4) is 0 Å². The molecular formula is C22H26N4O4. The van der Waals surface area contributed by atoms with Crippen molar-refractivity contribution in [3.63, 3.8) is 0 Å². The topological polar surface area (TPSA) is 80.5 Å². The van der Waals surface area contributed by atoms with E-state index in [-0.39, 0.29) is 12.7 Å². The van der Waals surface area contributed by atoms with Gasteiger partial charge in [-0.2, -0.15) is 10.2 Å². The van der Waals surface area contributed by atoms with Gasteiger partial charge in [0.15, 0.2) is 0 Å². The highest BCUT2D eigenvalue weighted by Crippen LogP contribution is 2.35. The van der Waals surface area contributed by atoms with E-state index in [1.54, 1.807) is 0 Å². The normalized spacial score (nSPS) is 27.8. The van der Waals surface area contributed by atoms with Gasteiger partial charge in [-0.25, -0.2) is 9.63 Å². The van der Waals surface area contributed by atoms with Crippen molar-refractivity contribution in [1.82, 2.24) is 15.1 Å². The summed E-state index contributed by atoms with van der Waals surface area (Å²) >= 11 is 0. The van der Waals surface area contributed by atoms with Crippen molar-refractivity contribution in [1.29, 1.82) is 0 Å². The van der Waals surface area contributed by atoms with Crippen molar-refractivity contribution >= 4 is 11.7 Å². The number of carbonyl (C=O) groups excluding carboxylic acids is 1. The Morgan fingerprint density at radius 2 is 2.27 bits per heavy atom. The van der Waals surface area contributed by atoms with Crippen LogP contribution in [0.15, 0.2) is 54.3 Å². The number of benzene rings is 1. The quantitative estimate of drug-likeness (QED) is 0.795. The molecule has 5 rings (SSSR count). The monoisotopic (exact) mass is 410 g/mol. The lowest BCUT2D eigenvalue weighted by Crippen LogP contribution is -2.68. The Balaban J connectivity index is 1.26. The Kier molecular flexibility index (Phi) is 5.08. The maximum absolute atomic E-state index is 10.9. The summed E-state index contributed by atoms with van der Waals surface area (Å²) < 4.78 is 10.5. The summed E-state index contributed by atoms with van der Waals surface area (Å²) in [6.45, 7) is 2.75. The molecule has 3 atom stereocenters. The summed E-state index contributed by atoms with van der Waals surface area (Å²) in [5.74, 6) is 0. The van der Waals surface area contributed by atoms with Crippen LogP contribution in [0, 0.1) is 0 Å². The van der Waals surface area contributed by atoms with Crippen molar-refractivity contribution in [2.45, 2.75) is 31.3 Å². The number of allylic oxidation sites excluding steroid dienone is 2. The minimum Gasteiger partial charge on any atom is -0.445 e. The first-order valence-corrected chi connectivity index (χ1v) is 10.2. The molecule has 2 fully saturated rings. The first kappa shape index (κ1) is 19.3. The Bertz CT molecular complexity index is 927. The fourth-order valence-electron chi connectivity index (χ4n) is 4.43. The number of hydrogen-bond donors (Lipinski definition) is 1. The van der Waals surface area contributed by atoms with Gasteiger partial charge in [0.1, 0.15) is 12.7 Å². The average Bonchev–Trinajstić information content (AvgIpc) is 3.17. The molecule has 0 radical (unpaired) electrons. The fourth-order valence-corrected chi connectivity index (χ4v) is 4.43. The van der Waals surface area contributed by atoms with Gasteiger partial charge in [-0.3, -0.25) is 4.90 Å². The first-order valence-electron chi connectivity index (χ1n) is 10.2. The van der Waals surface area contributed by atoms with E-state index in [1.165, 1.54) is 0 Å². The van der Waals surface area contributed by atoms with Gasteiger partial charge in [-0.15, -0.1) is 0 Å². The number of morpholine rings is 1. The molecule has 30 heavy (non-hydrogen) atoms. The number of fused-ring (bicyclic) bond motifs is 2. The van der Waals surface area contributed by atoms with Crippen LogP contribution in [0.4, 0.5) is 4.79 Å². The number of ether oxygens (including phenoxy) is 2. The molecule has 0 aromatic heterocycles. The Hall–Kier alpha value is -2.65. The van der Waals surface area contributed by atoms with Crippen molar-refractivity contribution in [2.24, 2.45) is 5.73 Å². The smallest absolute Gasteiger partial charge is 0.404 e. The first-order chi connectivity index (χ1) is 14.6. The van der Waals surface area contributed by atoms with Crippen molar-refractivity contribution < 1.29 is 19.1 Å². The van der Waals surface area contributed by atoms with Gasteiger partial charge in [0, 0.05) is 25.2 Å². The van der Waals surface area contributed by atoms with E-state index < -0.39 is 6.09 Å². The molecule has 1 amide bonds. The van der Waals surface area contributed by atoms with Crippen molar-refractivity contribution in [3.8, 4) is 0 Å². The van der Waals surface area contributed by atoms with Crippen molar-refractivity contribution in [3.05, 3.63) is 65.4 Å². The summed E-state index contributed by atoms with van der Waals surface area (Å²) in [6, 6.07) is 8.41. The zero-order valence-corrected chi connectivity index (χ0v) is 16.9. The number of hydrazine groups is 1. The van der Waals surface area contributed by atoms with Crippen LogP contribution in [0.2, 0.25) is 0 Å². The summed E-state index contributed by atoms with van der Waals surface area (Å²) in [4.78, 5) is 19.6. The SMILES string of the molecule is CN(C1CC2COCCN21)N1C=C2C=CC(c3cccc(COC(N)=O)c3)=CC2O1. The lowest BCUT2D eigenvalue weighted by atomic mass is 9.95. The predicted molar refractivity (Wildman–Crippen MR) is 110 cm³/mol. The Morgan fingerprint density at radius 3 is 3.10 bits per heavy atom. The average molecular weight is 410 g/mol. The second-order valence-electron chi connectivity index (χ2n) is 7.98.